The zero-order chi connectivity index (χ0) is 28.3. The Morgan fingerprint density at radius 1 is 0.548 bits per heavy atom. The van der Waals surface area contributed by atoms with Crippen molar-refractivity contribution in [1.29, 1.82) is 0 Å². The number of hydrogen-bond donors (Lipinski definition) is 0. The van der Waals surface area contributed by atoms with E-state index >= 15 is 0 Å². The van der Waals surface area contributed by atoms with Gasteiger partial charge in [-0.15, -0.1) is 6.92 Å². The summed E-state index contributed by atoms with van der Waals surface area (Å²) in [5.74, 6) is 0. The summed E-state index contributed by atoms with van der Waals surface area (Å²) in [7, 11) is -5.78. The van der Waals surface area contributed by atoms with Crippen LogP contribution in [0.15, 0.2) is 83.4 Å². The molecule has 0 aromatic heterocycles. The van der Waals surface area contributed by atoms with E-state index in [1.165, 1.54) is 43.4 Å². The molecule has 0 bridgehead atoms. The summed E-state index contributed by atoms with van der Waals surface area (Å²) in [6, 6.07) is 26.7. The molecule has 42 heavy (non-hydrogen) atoms. The van der Waals surface area contributed by atoms with Gasteiger partial charge in [-0.3, -0.25) is 6.08 Å². The molecule has 0 nitrogen and oxygen atoms in total. The molecule has 224 valence electrons. The Morgan fingerprint density at radius 2 is 0.929 bits per heavy atom. The fourth-order valence-electron chi connectivity index (χ4n) is 6.51. The van der Waals surface area contributed by atoms with Gasteiger partial charge in [-0.25, -0.2) is 5.57 Å². The van der Waals surface area contributed by atoms with Gasteiger partial charge in [0.1, 0.15) is 8.07 Å². The Hall–Kier alpha value is -1.50. The molecule has 4 heteroatoms. The van der Waals surface area contributed by atoms with Crippen LogP contribution < -0.4 is 25.9 Å². The molecule has 1 aliphatic rings. The van der Waals surface area contributed by atoms with Crippen molar-refractivity contribution < 1.29 is 21.7 Å². The average molecular weight is 645 g/mol. The summed E-state index contributed by atoms with van der Waals surface area (Å²) in [5.41, 5.74) is 6.97. The Bertz CT molecular complexity index is 1370. The zero-order valence-electron chi connectivity index (χ0n) is 29.4. The van der Waals surface area contributed by atoms with Gasteiger partial charge in [0.2, 0.25) is 0 Å². The molecule has 0 radical (unpaired) electrons. The first-order chi connectivity index (χ1) is 17.5. The summed E-state index contributed by atoms with van der Waals surface area (Å²) < 4.78 is 0. The summed E-state index contributed by atoms with van der Waals surface area (Å²) >= 11 is 0. The molecule has 3 aromatic rings. The van der Waals surface area contributed by atoms with Crippen molar-refractivity contribution in [1.82, 2.24) is 0 Å². The largest absolute Gasteiger partial charge is 4.00 e. The van der Waals surface area contributed by atoms with Crippen molar-refractivity contribution in [3.8, 4) is 0 Å². The van der Waals surface area contributed by atoms with Crippen molar-refractivity contribution in [3.05, 3.63) is 123 Å². The maximum absolute atomic E-state index is 4.15. The SMILES string of the molecule is CC1=[C-]C(C)([Si](c2ccccc2)(c2cc(C)cc([Si](C)(C)C)c2)c2cc(C)cc([Si](C)(C)C)c2)C(C)=C1C.[CH3-].[CH3-].[CH3-].[Ti+4]. The van der Waals surface area contributed by atoms with Crippen LogP contribution in [0, 0.1) is 42.2 Å². The minimum atomic E-state index is -2.69. The van der Waals surface area contributed by atoms with Gasteiger partial charge in [-0.05, 0) is 29.4 Å². The third kappa shape index (κ3) is 6.91. The van der Waals surface area contributed by atoms with E-state index in [9.17, 15) is 0 Å². The predicted molar refractivity (Wildman–Crippen MR) is 198 cm³/mol. The molecule has 0 heterocycles. The predicted octanol–water partition coefficient (Wildman–Crippen LogP) is 8.07. The third-order valence-electron chi connectivity index (χ3n) is 9.02. The number of allylic oxidation sites excluding steroid dienone is 4. The normalized spacial score (nSPS) is 16.9. The Balaban J connectivity index is 0.00000420. The van der Waals surface area contributed by atoms with E-state index < -0.39 is 24.2 Å². The number of rotatable bonds is 6. The van der Waals surface area contributed by atoms with Crippen molar-refractivity contribution in [2.45, 2.75) is 85.9 Å². The van der Waals surface area contributed by atoms with Crippen LogP contribution in [-0.4, -0.2) is 24.2 Å². The van der Waals surface area contributed by atoms with Gasteiger partial charge >= 0.3 is 21.7 Å². The molecule has 1 unspecified atom stereocenters. The summed E-state index contributed by atoms with van der Waals surface area (Å²) in [6.07, 6.45) is 4.15. The van der Waals surface area contributed by atoms with Crippen molar-refractivity contribution in [2.75, 3.05) is 0 Å². The van der Waals surface area contributed by atoms with E-state index in [2.05, 4.69) is 154 Å². The van der Waals surface area contributed by atoms with Crippen LogP contribution in [0.25, 0.3) is 0 Å². The van der Waals surface area contributed by atoms with Crippen LogP contribution in [-0.2, 0) is 21.7 Å². The Kier molecular flexibility index (Phi) is 13.6. The van der Waals surface area contributed by atoms with E-state index in [0.29, 0.717) is 0 Å². The second-order valence-corrected chi connectivity index (χ2v) is 28.3. The zero-order valence-corrected chi connectivity index (χ0v) is 33.9. The van der Waals surface area contributed by atoms with Crippen molar-refractivity contribution in [3.63, 3.8) is 0 Å². The maximum atomic E-state index is 4.15. The quantitative estimate of drug-likeness (QED) is 0.145. The molecular formula is C38H56Si3Ti. The summed E-state index contributed by atoms with van der Waals surface area (Å²) in [5, 5.41) is 7.46. The van der Waals surface area contributed by atoms with E-state index in [1.54, 1.807) is 10.4 Å². The molecule has 1 atom stereocenters. The Labute approximate surface area is 279 Å². The van der Waals surface area contributed by atoms with Gasteiger partial charge in [0, 0.05) is 0 Å². The standard InChI is InChI=1S/C35H47Si3.3CH3.Ti/c1-25-18-31(36(7,8)9)22-33(20-25)38(30-16-14-13-15-17-30,35(6)24-27(3)28(4)29(35)5)34-21-26(2)19-32(23-34)37(10,11)12;;;;/h13-23H,1-12H3;3*1H3;/q4*-1;+4. The fraction of sp³-hybridized carbons (Fsp3) is 0.342. The number of aryl methyl sites for hydroxylation is 2. The van der Waals surface area contributed by atoms with E-state index in [0.717, 1.165) is 0 Å². The van der Waals surface area contributed by atoms with E-state index in [-0.39, 0.29) is 49.0 Å². The first-order valence-electron chi connectivity index (χ1n) is 14.1. The maximum Gasteiger partial charge on any atom is 4.00 e. The molecule has 4 rings (SSSR count). The van der Waals surface area contributed by atoms with Crippen molar-refractivity contribution >= 4 is 50.2 Å². The molecule has 1 aliphatic carbocycles. The molecule has 0 N–H and O–H groups in total. The second-order valence-electron chi connectivity index (χ2n) is 13.9. The fourth-order valence-corrected chi connectivity index (χ4v) is 15.5. The Morgan fingerprint density at radius 3 is 1.26 bits per heavy atom. The van der Waals surface area contributed by atoms with Crippen LogP contribution in [0.5, 0.6) is 0 Å². The molecule has 0 saturated carbocycles. The van der Waals surface area contributed by atoms with Gasteiger partial charge in [-0.1, -0.05) is 153 Å². The molecule has 0 fully saturated rings. The van der Waals surface area contributed by atoms with Crippen LogP contribution in [0.1, 0.15) is 38.8 Å². The third-order valence-corrected chi connectivity index (χ3v) is 18.6. The van der Waals surface area contributed by atoms with Gasteiger partial charge < -0.3 is 22.3 Å². The number of hydrogen-bond acceptors (Lipinski definition) is 0. The second kappa shape index (κ2) is 14.1. The average Bonchev–Trinajstić information content (AvgIpc) is 3.01. The van der Waals surface area contributed by atoms with Crippen LogP contribution >= 0.6 is 0 Å². The van der Waals surface area contributed by atoms with Gasteiger partial charge in [0.05, 0.1) is 16.1 Å². The summed E-state index contributed by atoms with van der Waals surface area (Å²) in [6.45, 7) is 29.0. The molecular weight excluding hydrogens is 589 g/mol. The smallest absolute Gasteiger partial charge is 0.358 e. The minimum Gasteiger partial charge on any atom is -0.358 e. The molecule has 0 aliphatic heterocycles. The van der Waals surface area contributed by atoms with Crippen LogP contribution in [0.2, 0.25) is 44.3 Å². The molecule has 0 saturated heterocycles. The van der Waals surface area contributed by atoms with E-state index in [4.69, 9.17) is 0 Å². The first kappa shape index (κ1) is 40.5. The van der Waals surface area contributed by atoms with Gasteiger partial charge in [0.15, 0.2) is 0 Å². The van der Waals surface area contributed by atoms with Crippen LogP contribution in [0.3, 0.4) is 0 Å². The first-order valence-corrected chi connectivity index (χ1v) is 23.1. The molecule has 0 amide bonds. The van der Waals surface area contributed by atoms with Gasteiger partial charge in [-0.2, -0.15) is 11.1 Å². The van der Waals surface area contributed by atoms with E-state index in [1.807, 2.05) is 0 Å². The number of benzene rings is 3. The molecule has 3 aromatic carbocycles. The summed E-state index contributed by atoms with van der Waals surface area (Å²) in [4.78, 5) is 0. The monoisotopic (exact) mass is 644 g/mol. The topological polar surface area (TPSA) is 0 Å². The minimum absolute atomic E-state index is 0. The molecule has 0 spiro atoms. The van der Waals surface area contributed by atoms with Crippen molar-refractivity contribution in [2.24, 2.45) is 0 Å². The van der Waals surface area contributed by atoms with Gasteiger partial charge in [0.25, 0.3) is 0 Å². The van der Waals surface area contributed by atoms with Crippen LogP contribution in [0.4, 0.5) is 0 Å².